The minimum Gasteiger partial charge on any atom is -0.305 e. The minimum absolute atomic E-state index is 0.0649. The Morgan fingerprint density at radius 1 is 1.20 bits per heavy atom. The first-order valence-corrected chi connectivity index (χ1v) is 11.3. The van der Waals surface area contributed by atoms with Crippen molar-refractivity contribution in [1.82, 2.24) is 9.88 Å². The number of urea groups is 1. The lowest BCUT2D eigenvalue weighted by Crippen LogP contribution is -2.20. The van der Waals surface area contributed by atoms with E-state index in [9.17, 15) is 13.4 Å². The van der Waals surface area contributed by atoms with Crippen LogP contribution in [-0.4, -0.2) is 34.2 Å². The highest BCUT2D eigenvalue weighted by molar-refractivity contribution is 7.91. The van der Waals surface area contributed by atoms with E-state index in [1.165, 1.54) is 0 Å². The summed E-state index contributed by atoms with van der Waals surface area (Å²) in [5, 5.41) is 8.44. The number of benzene rings is 1. The van der Waals surface area contributed by atoms with E-state index in [-0.39, 0.29) is 22.4 Å². The average molecular weight is 436 g/mol. The van der Waals surface area contributed by atoms with Gasteiger partial charge in [-0.1, -0.05) is 39.8 Å². The SMILES string of the molecule is CC(C)c1ncc(F)c(C(C)C)c1NC(=O)N=[S@@](N)(=O)c1ccc(CN(C)C)cc1. The van der Waals surface area contributed by atoms with Gasteiger partial charge in [-0.3, -0.25) is 4.98 Å². The van der Waals surface area contributed by atoms with Gasteiger partial charge in [-0.15, -0.1) is 4.36 Å². The van der Waals surface area contributed by atoms with Crippen LogP contribution in [-0.2, 0) is 16.5 Å². The van der Waals surface area contributed by atoms with Crippen LogP contribution in [0, 0.1) is 5.82 Å². The fourth-order valence-electron chi connectivity index (χ4n) is 3.11. The van der Waals surface area contributed by atoms with Gasteiger partial charge < -0.3 is 10.2 Å². The first-order chi connectivity index (χ1) is 13.9. The zero-order valence-electron chi connectivity index (χ0n) is 18.3. The van der Waals surface area contributed by atoms with Gasteiger partial charge in [-0.25, -0.2) is 18.5 Å². The Morgan fingerprint density at radius 2 is 1.80 bits per heavy atom. The fraction of sp³-hybridized carbons (Fsp3) is 0.429. The van der Waals surface area contributed by atoms with Crippen LogP contribution in [0.1, 0.15) is 56.4 Å². The molecule has 0 aliphatic carbocycles. The van der Waals surface area contributed by atoms with E-state index in [1.54, 1.807) is 24.3 Å². The van der Waals surface area contributed by atoms with Gasteiger partial charge in [0.15, 0.2) is 0 Å². The lowest BCUT2D eigenvalue weighted by Gasteiger charge is -2.19. The smallest absolute Gasteiger partial charge is 0.305 e. The molecular weight excluding hydrogens is 405 g/mol. The molecule has 0 radical (unpaired) electrons. The molecule has 0 aliphatic rings. The van der Waals surface area contributed by atoms with Gasteiger partial charge in [0.2, 0.25) is 0 Å². The second kappa shape index (κ2) is 9.63. The predicted molar refractivity (Wildman–Crippen MR) is 118 cm³/mol. The van der Waals surface area contributed by atoms with E-state index in [0.29, 0.717) is 17.8 Å². The molecule has 1 heterocycles. The average Bonchev–Trinajstić information content (AvgIpc) is 2.60. The summed E-state index contributed by atoms with van der Waals surface area (Å²) in [6.07, 6.45) is 1.15. The molecule has 7 nitrogen and oxygen atoms in total. The van der Waals surface area contributed by atoms with Crippen molar-refractivity contribution in [2.75, 3.05) is 19.4 Å². The number of anilines is 1. The maximum absolute atomic E-state index is 14.4. The summed E-state index contributed by atoms with van der Waals surface area (Å²) in [7, 11) is 0.418. The van der Waals surface area contributed by atoms with E-state index < -0.39 is 21.8 Å². The summed E-state index contributed by atoms with van der Waals surface area (Å²) in [5.41, 5.74) is 2.12. The number of aromatic nitrogens is 1. The van der Waals surface area contributed by atoms with Crippen LogP contribution >= 0.6 is 0 Å². The quantitative estimate of drug-likeness (QED) is 0.699. The van der Waals surface area contributed by atoms with Gasteiger partial charge in [0.1, 0.15) is 15.7 Å². The molecule has 1 atom stereocenters. The molecule has 0 unspecified atom stereocenters. The van der Waals surface area contributed by atoms with Crippen LogP contribution < -0.4 is 10.5 Å². The summed E-state index contributed by atoms with van der Waals surface area (Å²) in [6, 6.07) is 5.87. The maximum Gasteiger partial charge on any atom is 0.354 e. The third-order valence-corrected chi connectivity index (χ3v) is 5.82. The number of nitrogens with zero attached hydrogens (tertiary/aromatic N) is 3. The van der Waals surface area contributed by atoms with Gasteiger partial charge in [-0.05, 0) is 43.6 Å². The predicted octanol–water partition coefficient (Wildman–Crippen LogP) is 4.46. The van der Waals surface area contributed by atoms with E-state index in [1.807, 2.05) is 46.7 Å². The van der Waals surface area contributed by atoms with Crippen LogP contribution in [0.3, 0.4) is 0 Å². The highest BCUT2D eigenvalue weighted by Crippen LogP contribution is 2.33. The zero-order valence-corrected chi connectivity index (χ0v) is 19.1. The number of nitrogens with two attached hydrogens (primary N) is 1. The standard InChI is InChI=1S/C21H30FN5O2S/c1-13(2)18-17(22)11-24-19(14(3)4)20(18)25-21(28)26-30(23,29)16-9-7-15(8-10-16)12-27(5)6/h7-11,13-14H,12H2,1-6H3,(H3,23,25,26,28,29)/t30-/m1/s1. The molecule has 164 valence electrons. The van der Waals surface area contributed by atoms with Gasteiger partial charge in [0.05, 0.1) is 22.5 Å². The topological polar surface area (TPSA) is 101 Å². The zero-order chi connectivity index (χ0) is 22.6. The second-order valence-corrected chi connectivity index (χ2v) is 9.85. The Balaban J connectivity index is 2.39. The third-order valence-electron chi connectivity index (χ3n) is 4.43. The molecule has 1 aromatic heterocycles. The van der Waals surface area contributed by atoms with Crippen LogP contribution in [0.2, 0.25) is 0 Å². The molecule has 1 aromatic carbocycles. The molecule has 0 saturated heterocycles. The Bertz CT molecular complexity index is 1030. The Hall–Kier alpha value is -2.36. The van der Waals surface area contributed by atoms with Crippen molar-refractivity contribution in [2.24, 2.45) is 9.50 Å². The van der Waals surface area contributed by atoms with Gasteiger partial charge in [0, 0.05) is 12.1 Å². The molecule has 9 heteroatoms. The molecule has 2 rings (SSSR count). The first kappa shape index (κ1) is 23.9. The lowest BCUT2D eigenvalue weighted by molar-refractivity contribution is 0.260. The molecule has 2 amide bonds. The number of pyridine rings is 1. The molecule has 0 fully saturated rings. The van der Waals surface area contributed by atoms with Crippen molar-refractivity contribution < 1.29 is 13.4 Å². The van der Waals surface area contributed by atoms with Crippen molar-refractivity contribution in [2.45, 2.75) is 51.0 Å². The van der Waals surface area contributed by atoms with Gasteiger partial charge >= 0.3 is 6.03 Å². The molecule has 0 bridgehead atoms. The monoisotopic (exact) mass is 435 g/mol. The van der Waals surface area contributed by atoms with Crippen molar-refractivity contribution in [3.63, 3.8) is 0 Å². The molecule has 3 N–H and O–H groups in total. The lowest BCUT2D eigenvalue weighted by atomic mass is 9.96. The van der Waals surface area contributed by atoms with Gasteiger partial charge in [0.25, 0.3) is 0 Å². The van der Waals surface area contributed by atoms with Crippen molar-refractivity contribution in [3.8, 4) is 0 Å². The number of carbonyl (C=O) groups excluding carboxylic acids is 1. The van der Waals surface area contributed by atoms with Crippen molar-refractivity contribution >= 4 is 21.6 Å². The summed E-state index contributed by atoms with van der Waals surface area (Å²) in [4.78, 5) is 18.9. The maximum atomic E-state index is 14.4. The number of rotatable bonds is 6. The van der Waals surface area contributed by atoms with E-state index in [4.69, 9.17) is 5.14 Å². The highest BCUT2D eigenvalue weighted by atomic mass is 32.2. The van der Waals surface area contributed by atoms with Crippen molar-refractivity contribution in [3.05, 3.63) is 53.1 Å². The molecular formula is C21H30FN5O2S. The van der Waals surface area contributed by atoms with E-state index in [2.05, 4.69) is 14.7 Å². The number of hydrogen-bond donors (Lipinski definition) is 2. The highest BCUT2D eigenvalue weighted by Gasteiger charge is 2.22. The van der Waals surface area contributed by atoms with Gasteiger partial charge in [-0.2, -0.15) is 0 Å². The summed E-state index contributed by atoms with van der Waals surface area (Å²) in [5.74, 6) is -0.785. The Kier molecular flexibility index (Phi) is 7.68. The first-order valence-electron chi connectivity index (χ1n) is 9.70. The largest absolute Gasteiger partial charge is 0.354 e. The number of hydrogen-bond acceptors (Lipinski definition) is 4. The number of nitrogens with one attached hydrogen (secondary N) is 1. The van der Waals surface area contributed by atoms with E-state index >= 15 is 0 Å². The van der Waals surface area contributed by atoms with Crippen LogP contribution in [0.25, 0.3) is 0 Å². The summed E-state index contributed by atoms with van der Waals surface area (Å²) < 4.78 is 31.0. The number of amides is 2. The van der Waals surface area contributed by atoms with Crippen LogP contribution in [0.4, 0.5) is 14.9 Å². The molecule has 0 spiro atoms. The molecule has 0 saturated carbocycles. The number of carbonyl (C=O) groups is 1. The second-order valence-electron chi connectivity index (χ2n) is 8.06. The molecule has 30 heavy (non-hydrogen) atoms. The van der Waals surface area contributed by atoms with Crippen LogP contribution in [0.5, 0.6) is 0 Å². The van der Waals surface area contributed by atoms with Crippen molar-refractivity contribution in [1.29, 1.82) is 0 Å². The summed E-state index contributed by atoms with van der Waals surface area (Å²) >= 11 is 0. The molecule has 2 aromatic rings. The summed E-state index contributed by atoms with van der Waals surface area (Å²) in [6.45, 7) is 8.12. The Morgan fingerprint density at radius 3 is 2.30 bits per heavy atom. The van der Waals surface area contributed by atoms with E-state index in [0.717, 1.165) is 11.8 Å². The Labute approximate surface area is 178 Å². The molecule has 0 aliphatic heterocycles. The normalized spacial score (nSPS) is 13.6. The number of halogens is 1. The third kappa shape index (κ3) is 5.84. The fourth-order valence-corrected chi connectivity index (χ4v) is 4.04. The minimum atomic E-state index is -3.47. The van der Waals surface area contributed by atoms with Crippen LogP contribution in [0.15, 0.2) is 39.7 Å².